The highest BCUT2D eigenvalue weighted by Crippen LogP contribution is 2.21. The van der Waals surface area contributed by atoms with E-state index < -0.39 is 0 Å². The van der Waals surface area contributed by atoms with Crippen molar-refractivity contribution < 1.29 is 0 Å². The molecule has 0 spiro atoms. The molecule has 1 aromatic rings. The maximum Gasteiger partial charge on any atom is 0.138 e. The van der Waals surface area contributed by atoms with Gasteiger partial charge >= 0.3 is 0 Å². The summed E-state index contributed by atoms with van der Waals surface area (Å²) in [4.78, 5) is 9.31. The summed E-state index contributed by atoms with van der Waals surface area (Å²) in [5.41, 5.74) is 3.56. The molecule has 1 saturated carbocycles. The molecule has 0 radical (unpaired) electrons. The third-order valence-corrected chi connectivity index (χ3v) is 4.66. The topological polar surface area (TPSA) is 37.8 Å². The predicted octanol–water partition coefficient (Wildman–Crippen LogP) is 3.23. The molecule has 1 N–H and O–H groups in total. The molecule has 106 valence electrons. The van der Waals surface area contributed by atoms with Crippen LogP contribution in [0.1, 0.15) is 49.5 Å². The molecule has 0 amide bonds. The Bertz CT molecular complexity index is 404. The molecule has 19 heavy (non-hydrogen) atoms. The van der Waals surface area contributed by atoms with Gasteiger partial charge in [-0.05, 0) is 38.4 Å². The Hall–Kier alpha value is -0.610. The summed E-state index contributed by atoms with van der Waals surface area (Å²) in [6.45, 7) is 9.63. The van der Waals surface area contributed by atoms with Gasteiger partial charge in [-0.3, -0.25) is 0 Å². The van der Waals surface area contributed by atoms with Crippen molar-refractivity contribution in [3.05, 3.63) is 22.8 Å². The van der Waals surface area contributed by atoms with Crippen molar-refractivity contribution in [2.75, 3.05) is 5.75 Å². The molecule has 2 rings (SSSR count). The van der Waals surface area contributed by atoms with E-state index in [2.05, 4.69) is 43.0 Å². The lowest BCUT2D eigenvalue weighted by Crippen LogP contribution is -2.18. The molecule has 0 unspecified atom stereocenters. The minimum Gasteiger partial charge on any atom is -0.310 e. The second-order valence-corrected chi connectivity index (χ2v) is 6.88. The van der Waals surface area contributed by atoms with Gasteiger partial charge in [0.2, 0.25) is 0 Å². The van der Waals surface area contributed by atoms with Crippen molar-refractivity contribution in [2.24, 2.45) is 5.92 Å². The highest BCUT2D eigenvalue weighted by atomic mass is 32.2. The molecule has 1 aliphatic carbocycles. The SMILES string of the molecule is Cc1nc(CSCC(C)C)nc(C)c1CNC1CC1. The molecular formula is C15H25N3S. The molecule has 1 fully saturated rings. The summed E-state index contributed by atoms with van der Waals surface area (Å²) >= 11 is 1.93. The molecule has 0 aliphatic heterocycles. The number of aromatic nitrogens is 2. The maximum absolute atomic E-state index is 4.66. The van der Waals surface area contributed by atoms with E-state index in [0.717, 1.165) is 41.5 Å². The fourth-order valence-electron chi connectivity index (χ4n) is 2.05. The van der Waals surface area contributed by atoms with Crippen LogP contribution in [0.4, 0.5) is 0 Å². The summed E-state index contributed by atoms with van der Waals surface area (Å²) in [5.74, 6) is 3.81. The fraction of sp³-hybridized carbons (Fsp3) is 0.733. The van der Waals surface area contributed by atoms with E-state index in [1.807, 2.05) is 11.8 Å². The Labute approximate surface area is 121 Å². The van der Waals surface area contributed by atoms with Gasteiger partial charge < -0.3 is 5.32 Å². The van der Waals surface area contributed by atoms with Crippen LogP contribution in [0.15, 0.2) is 0 Å². The van der Waals surface area contributed by atoms with Crippen molar-refractivity contribution >= 4 is 11.8 Å². The number of nitrogens with zero attached hydrogens (tertiary/aromatic N) is 2. The molecular weight excluding hydrogens is 254 g/mol. The fourth-order valence-corrected chi connectivity index (χ4v) is 2.95. The Morgan fingerprint density at radius 2 is 1.84 bits per heavy atom. The molecule has 1 aliphatic rings. The van der Waals surface area contributed by atoms with Gasteiger partial charge in [-0.1, -0.05) is 13.8 Å². The van der Waals surface area contributed by atoms with Crippen LogP contribution in [-0.4, -0.2) is 21.8 Å². The Balaban J connectivity index is 1.94. The third-order valence-electron chi connectivity index (χ3n) is 3.29. The summed E-state index contributed by atoms with van der Waals surface area (Å²) in [6, 6.07) is 0.736. The van der Waals surface area contributed by atoms with E-state index in [9.17, 15) is 0 Å². The minimum atomic E-state index is 0.731. The molecule has 1 aromatic heterocycles. The van der Waals surface area contributed by atoms with Gasteiger partial charge in [-0.2, -0.15) is 11.8 Å². The largest absolute Gasteiger partial charge is 0.310 e. The number of hydrogen-bond donors (Lipinski definition) is 1. The van der Waals surface area contributed by atoms with Crippen molar-refractivity contribution in [3.63, 3.8) is 0 Å². The second kappa shape index (κ2) is 6.71. The van der Waals surface area contributed by atoms with Crippen molar-refractivity contribution in [3.8, 4) is 0 Å². The first-order valence-corrected chi connectivity index (χ1v) is 8.36. The zero-order valence-electron chi connectivity index (χ0n) is 12.5. The standard InChI is InChI=1S/C15H25N3S/c1-10(2)8-19-9-15-17-11(3)14(12(4)18-15)7-16-13-5-6-13/h10,13,16H,5-9H2,1-4H3. The van der Waals surface area contributed by atoms with Crippen LogP contribution in [0.5, 0.6) is 0 Å². The lowest BCUT2D eigenvalue weighted by Gasteiger charge is -2.12. The molecule has 3 nitrogen and oxygen atoms in total. The van der Waals surface area contributed by atoms with Crippen LogP contribution in [0.25, 0.3) is 0 Å². The van der Waals surface area contributed by atoms with E-state index in [1.165, 1.54) is 24.2 Å². The summed E-state index contributed by atoms with van der Waals surface area (Å²) in [6.07, 6.45) is 2.64. The number of nitrogens with one attached hydrogen (secondary N) is 1. The first-order valence-electron chi connectivity index (χ1n) is 7.20. The predicted molar refractivity (Wildman–Crippen MR) is 82.4 cm³/mol. The second-order valence-electron chi connectivity index (χ2n) is 5.85. The molecule has 0 bridgehead atoms. The highest BCUT2D eigenvalue weighted by Gasteiger charge is 2.21. The zero-order valence-corrected chi connectivity index (χ0v) is 13.3. The number of thioether (sulfide) groups is 1. The molecule has 0 atom stereocenters. The van der Waals surface area contributed by atoms with Crippen LogP contribution in [0.2, 0.25) is 0 Å². The van der Waals surface area contributed by atoms with E-state index >= 15 is 0 Å². The van der Waals surface area contributed by atoms with Crippen LogP contribution in [-0.2, 0) is 12.3 Å². The van der Waals surface area contributed by atoms with Crippen LogP contribution >= 0.6 is 11.8 Å². The van der Waals surface area contributed by atoms with Crippen molar-refractivity contribution in [1.82, 2.24) is 15.3 Å². The molecule has 1 heterocycles. The number of aryl methyl sites for hydroxylation is 2. The smallest absolute Gasteiger partial charge is 0.138 e. The maximum atomic E-state index is 4.66. The van der Waals surface area contributed by atoms with Gasteiger partial charge in [-0.25, -0.2) is 9.97 Å². The van der Waals surface area contributed by atoms with Crippen LogP contribution in [0.3, 0.4) is 0 Å². The minimum absolute atomic E-state index is 0.731. The van der Waals surface area contributed by atoms with Gasteiger partial charge in [0.25, 0.3) is 0 Å². The van der Waals surface area contributed by atoms with E-state index in [4.69, 9.17) is 0 Å². The molecule has 0 aromatic carbocycles. The average Bonchev–Trinajstić information content (AvgIpc) is 3.11. The van der Waals surface area contributed by atoms with E-state index in [1.54, 1.807) is 0 Å². The Morgan fingerprint density at radius 1 is 1.21 bits per heavy atom. The normalized spacial score (nSPS) is 15.2. The molecule has 4 heteroatoms. The van der Waals surface area contributed by atoms with Crippen LogP contribution in [0, 0.1) is 19.8 Å². The van der Waals surface area contributed by atoms with Gasteiger partial charge in [0.1, 0.15) is 5.82 Å². The number of rotatable bonds is 7. The Morgan fingerprint density at radius 3 is 2.37 bits per heavy atom. The van der Waals surface area contributed by atoms with Gasteiger partial charge in [0, 0.05) is 29.5 Å². The quantitative estimate of drug-likeness (QED) is 0.831. The van der Waals surface area contributed by atoms with E-state index in [0.29, 0.717) is 0 Å². The third kappa shape index (κ3) is 4.77. The summed E-state index contributed by atoms with van der Waals surface area (Å²) in [7, 11) is 0. The van der Waals surface area contributed by atoms with Crippen molar-refractivity contribution in [2.45, 2.75) is 58.9 Å². The lowest BCUT2D eigenvalue weighted by molar-refractivity contribution is 0.673. The highest BCUT2D eigenvalue weighted by molar-refractivity contribution is 7.98. The first kappa shape index (κ1) is 14.8. The van der Waals surface area contributed by atoms with Crippen LogP contribution < -0.4 is 5.32 Å². The van der Waals surface area contributed by atoms with Gasteiger partial charge in [0.05, 0.1) is 5.75 Å². The average molecular weight is 279 g/mol. The van der Waals surface area contributed by atoms with Crippen molar-refractivity contribution in [1.29, 1.82) is 0 Å². The first-order chi connectivity index (χ1) is 9.06. The zero-order chi connectivity index (χ0) is 13.8. The summed E-state index contributed by atoms with van der Waals surface area (Å²) < 4.78 is 0. The summed E-state index contributed by atoms with van der Waals surface area (Å²) in [5, 5.41) is 3.55. The van der Waals surface area contributed by atoms with Gasteiger partial charge in [0.15, 0.2) is 0 Å². The van der Waals surface area contributed by atoms with Gasteiger partial charge in [-0.15, -0.1) is 0 Å². The number of hydrogen-bond acceptors (Lipinski definition) is 4. The Kier molecular flexibility index (Phi) is 5.22. The molecule has 0 saturated heterocycles. The lowest BCUT2D eigenvalue weighted by atomic mass is 10.1. The monoisotopic (exact) mass is 279 g/mol. The van der Waals surface area contributed by atoms with E-state index in [-0.39, 0.29) is 0 Å².